The molecule has 0 aromatic rings. The SMILES string of the molecule is CCCCCCC(C)NCC(O)COC. The number of nitrogens with one attached hydrogen (secondary N) is 1. The Balaban J connectivity index is 3.28. The van der Waals surface area contributed by atoms with Gasteiger partial charge in [0.05, 0.1) is 12.7 Å². The second-order valence-corrected chi connectivity index (χ2v) is 4.27. The van der Waals surface area contributed by atoms with Gasteiger partial charge in [0.2, 0.25) is 0 Å². The lowest BCUT2D eigenvalue weighted by Crippen LogP contribution is -2.35. The molecule has 2 unspecified atom stereocenters. The lowest BCUT2D eigenvalue weighted by atomic mass is 10.1. The molecule has 0 aromatic carbocycles. The van der Waals surface area contributed by atoms with Gasteiger partial charge in [-0.2, -0.15) is 0 Å². The number of methoxy groups -OCH3 is 1. The van der Waals surface area contributed by atoms with Gasteiger partial charge < -0.3 is 15.2 Å². The minimum atomic E-state index is -0.381. The lowest BCUT2D eigenvalue weighted by Gasteiger charge is -2.16. The summed E-state index contributed by atoms with van der Waals surface area (Å²) in [7, 11) is 1.61. The molecule has 0 bridgehead atoms. The van der Waals surface area contributed by atoms with E-state index < -0.39 is 0 Å². The Bertz CT molecular complexity index is 131. The first-order valence-electron chi connectivity index (χ1n) is 6.11. The van der Waals surface area contributed by atoms with E-state index in [9.17, 15) is 5.11 Å². The zero-order valence-corrected chi connectivity index (χ0v) is 10.5. The summed E-state index contributed by atoms with van der Waals surface area (Å²) < 4.78 is 4.86. The lowest BCUT2D eigenvalue weighted by molar-refractivity contribution is 0.0628. The van der Waals surface area contributed by atoms with Crippen molar-refractivity contribution >= 4 is 0 Å². The summed E-state index contributed by atoms with van der Waals surface area (Å²) in [4.78, 5) is 0. The van der Waals surface area contributed by atoms with Crippen LogP contribution in [0.3, 0.4) is 0 Å². The Morgan fingerprint density at radius 2 is 2.00 bits per heavy atom. The van der Waals surface area contributed by atoms with Crippen LogP contribution in [-0.4, -0.2) is 37.5 Å². The molecule has 0 aliphatic rings. The fourth-order valence-electron chi connectivity index (χ4n) is 1.57. The standard InChI is InChI=1S/C12H27NO2/c1-4-5-6-7-8-11(2)13-9-12(14)10-15-3/h11-14H,4-10H2,1-3H3. The van der Waals surface area contributed by atoms with Crippen molar-refractivity contribution in [3.63, 3.8) is 0 Å². The average Bonchev–Trinajstić information content (AvgIpc) is 2.22. The number of hydrogen-bond donors (Lipinski definition) is 2. The number of rotatable bonds is 10. The van der Waals surface area contributed by atoms with Crippen LogP contribution < -0.4 is 5.32 Å². The molecule has 0 saturated carbocycles. The molecule has 0 saturated heterocycles. The molecule has 2 N–H and O–H groups in total. The molecular weight excluding hydrogens is 190 g/mol. The highest BCUT2D eigenvalue weighted by Gasteiger charge is 2.06. The van der Waals surface area contributed by atoms with Crippen molar-refractivity contribution in [3.05, 3.63) is 0 Å². The van der Waals surface area contributed by atoms with Crippen LogP contribution >= 0.6 is 0 Å². The van der Waals surface area contributed by atoms with Gasteiger partial charge in [0.1, 0.15) is 0 Å². The summed E-state index contributed by atoms with van der Waals surface area (Å²) in [5, 5.41) is 12.7. The molecule has 0 heterocycles. The molecule has 0 aliphatic carbocycles. The first-order chi connectivity index (χ1) is 7.20. The topological polar surface area (TPSA) is 41.5 Å². The number of aliphatic hydroxyl groups excluding tert-OH is 1. The molecule has 0 aromatic heterocycles. The number of ether oxygens (including phenoxy) is 1. The van der Waals surface area contributed by atoms with E-state index in [1.807, 2.05) is 0 Å². The van der Waals surface area contributed by atoms with E-state index in [4.69, 9.17) is 4.74 Å². The fraction of sp³-hybridized carbons (Fsp3) is 1.00. The van der Waals surface area contributed by atoms with Gasteiger partial charge in [0.15, 0.2) is 0 Å². The van der Waals surface area contributed by atoms with Gasteiger partial charge in [-0.3, -0.25) is 0 Å². The predicted molar refractivity (Wildman–Crippen MR) is 64.1 cm³/mol. The summed E-state index contributed by atoms with van der Waals surface area (Å²) in [6.07, 6.45) is 6.03. The van der Waals surface area contributed by atoms with Crippen LogP contribution in [0.25, 0.3) is 0 Å². The molecule has 2 atom stereocenters. The Labute approximate surface area is 94.2 Å². The monoisotopic (exact) mass is 217 g/mol. The molecule has 15 heavy (non-hydrogen) atoms. The van der Waals surface area contributed by atoms with Crippen LogP contribution in [0.5, 0.6) is 0 Å². The summed E-state index contributed by atoms with van der Waals surface area (Å²) in [6.45, 7) is 5.44. The molecule has 3 nitrogen and oxygen atoms in total. The van der Waals surface area contributed by atoms with E-state index >= 15 is 0 Å². The molecule has 0 aliphatic heterocycles. The maximum Gasteiger partial charge on any atom is 0.0897 e. The summed E-state index contributed by atoms with van der Waals surface area (Å²) in [6, 6.07) is 0.494. The Kier molecular flexibility index (Phi) is 10.3. The van der Waals surface area contributed by atoms with E-state index in [1.54, 1.807) is 7.11 Å². The van der Waals surface area contributed by atoms with Gasteiger partial charge in [-0.1, -0.05) is 32.6 Å². The van der Waals surface area contributed by atoms with Crippen molar-refractivity contribution in [2.75, 3.05) is 20.3 Å². The second kappa shape index (κ2) is 10.4. The third kappa shape index (κ3) is 10.2. The highest BCUT2D eigenvalue weighted by atomic mass is 16.5. The minimum absolute atomic E-state index is 0.381. The summed E-state index contributed by atoms with van der Waals surface area (Å²) in [5.41, 5.74) is 0. The Hall–Kier alpha value is -0.120. The van der Waals surface area contributed by atoms with Crippen LogP contribution in [0.4, 0.5) is 0 Å². The van der Waals surface area contributed by atoms with Crippen LogP contribution in [-0.2, 0) is 4.74 Å². The molecule has 92 valence electrons. The fourth-order valence-corrected chi connectivity index (χ4v) is 1.57. The van der Waals surface area contributed by atoms with Crippen LogP contribution in [0.1, 0.15) is 46.0 Å². The molecule has 0 rings (SSSR count). The smallest absolute Gasteiger partial charge is 0.0897 e. The van der Waals surface area contributed by atoms with Crippen LogP contribution in [0, 0.1) is 0 Å². The zero-order chi connectivity index (χ0) is 11.5. The first kappa shape index (κ1) is 14.9. The normalized spacial score (nSPS) is 15.2. The van der Waals surface area contributed by atoms with E-state index in [0.717, 1.165) is 0 Å². The zero-order valence-electron chi connectivity index (χ0n) is 10.5. The average molecular weight is 217 g/mol. The third-order valence-corrected chi connectivity index (χ3v) is 2.55. The quantitative estimate of drug-likeness (QED) is 0.550. The summed E-state index contributed by atoms with van der Waals surface area (Å²) >= 11 is 0. The number of aliphatic hydroxyl groups is 1. The third-order valence-electron chi connectivity index (χ3n) is 2.55. The van der Waals surface area contributed by atoms with Crippen molar-refractivity contribution in [1.82, 2.24) is 5.32 Å². The number of hydrogen-bond acceptors (Lipinski definition) is 3. The second-order valence-electron chi connectivity index (χ2n) is 4.27. The predicted octanol–water partition coefficient (Wildman–Crippen LogP) is 1.94. The molecule has 3 heteroatoms. The molecule has 0 fully saturated rings. The van der Waals surface area contributed by atoms with Crippen molar-refractivity contribution in [2.45, 2.75) is 58.1 Å². The van der Waals surface area contributed by atoms with Gasteiger partial charge in [0.25, 0.3) is 0 Å². The Morgan fingerprint density at radius 1 is 1.27 bits per heavy atom. The molecule has 0 spiro atoms. The maximum atomic E-state index is 9.42. The van der Waals surface area contributed by atoms with Crippen LogP contribution in [0.15, 0.2) is 0 Å². The van der Waals surface area contributed by atoms with Gasteiger partial charge in [0, 0.05) is 19.7 Å². The van der Waals surface area contributed by atoms with Gasteiger partial charge in [-0.15, -0.1) is 0 Å². The minimum Gasteiger partial charge on any atom is -0.389 e. The largest absolute Gasteiger partial charge is 0.389 e. The molecule has 0 radical (unpaired) electrons. The van der Waals surface area contributed by atoms with Gasteiger partial charge in [-0.25, -0.2) is 0 Å². The number of unbranched alkanes of at least 4 members (excludes halogenated alkanes) is 3. The molecule has 0 amide bonds. The van der Waals surface area contributed by atoms with E-state index in [0.29, 0.717) is 19.2 Å². The van der Waals surface area contributed by atoms with Crippen LogP contribution in [0.2, 0.25) is 0 Å². The highest BCUT2D eigenvalue weighted by molar-refractivity contribution is 4.65. The van der Waals surface area contributed by atoms with Crippen molar-refractivity contribution in [1.29, 1.82) is 0 Å². The maximum absolute atomic E-state index is 9.42. The van der Waals surface area contributed by atoms with Crippen molar-refractivity contribution in [3.8, 4) is 0 Å². The van der Waals surface area contributed by atoms with Gasteiger partial charge in [-0.05, 0) is 13.3 Å². The van der Waals surface area contributed by atoms with Gasteiger partial charge >= 0.3 is 0 Å². The Morgan fingerprint density at radius 3 is 2.60 bits per heavy atom. The van der Waals surface area contributed by atoms with Crippen molar-refractivity contribution < 1.29 is 9.84 Å². The highest BCUT2D eigenvalue weighted by Crippen LogP contribution is 2.05. The van der Waals surface area contributed by atoms with E-state index in [2.05, 4.69) is 19.2 Å². The summed E-state index contributed by atoms with van der Waals surface area (Å²) in [5.74, 6) is 0. The molecular formula is C12H27NO2. The first-order valence-corrected chi connectivity index (χ1v) is 6.11. The van der Waals surface area contributed by atoms with E-state index in [1.165, 1.54) is 32.1 Å². The van der Waals surface area contributed by atoms with E-state index in [-0.39, 0.29) is 6.10 Å². The van der Waals surface area contributed by atoms with Crippen molar-refractivity contribution in [2.24, 2.45) is 0 Å².